The second kappa shape index (κ2) is 8.03. The molecule has 1 fully saturated rings. The van der Waals surface area contributed by atoms with Crippen LogP contribution in [0.2, 0.25) is 0 Å². The number of amides is 1. The third-order valence-electron chi connectivity index (χ3n) is 3.97. The summed E-state index contributed by atoms with van der Waals surface area (Å²) in [4.78, 5) is 16.9. The molecule has 1 aromatic rings. The van der Waals surface area contributed by atoms with E-state index in [4.69, 9.17) is 4.74 Å². The van der Waals surface area contributed by atoms with Crippen LogP contribution in [0.1, 0.15) is 25.3 Å². The van der Waals surface area contributed by atoms with Gasteiger partial charge in [-0.15, -0.1) is 0 Å². The lowest BCUT2D eigenvalue weighted by molar-refractivity contribution is -0.130. The quantitative estimate of drug-likeness (QED) is 0.833. The Balaban J connectivity index is 1.90. The highest BCUT2D eigenvalue weighted by atomic mass is 16.5. The molecule has 0 spiro atoms. The van der Waals surface area contributed by atoms with Crippen LogP contribution in [0.3, 0.4) is 0 Å². The van der Waals surface area contributed by atoms with Crippen molar-refractivity contribution in [3.8, 4) is 5.75 Å². The SMILES string of the molecule is CCCN1CCCN(C(=O)Cc2cccc(OC)c2)CC1. The maximum Gasteiger partial charge on any atom is 0.227 e. The Morgan fingerprint density at radius 1 is 1.24 bits per heavy atom. The molecule has 4 heteroatoms. The summed E-state index contributed by atoms with van der Waals surface area (Å²) in [6, 6.07) is 7.77. The Bertz CT molecular complexity index is 462. The summed E-state index contributed by atoms with van der Waals surface area (Å²) >= 11 is 0. The Hall–Kier alpha value is -1.55. The molecule has 0 atom stereocenters. The molecule has 4 nitrogen and oxygen atoms in total. The van der Waals surface area contributed by atoms with Crippen LogP contribution in [0.5, 0.6) is 5.75 Å². The average molecular weight is 290 g/mol. The summed E-state index contributed by atoms with van der Waals surface area (Å²) in [6.07, 6.45) is 2.71. The van der Waals surface area contributed by atoms with Gasteiger partial charge in [0.1, 0.15) is 5.75 Å². The standard InChI is InChI=1S/C17H26N2O2/c1-3-8-18-9-5-10-19(12-11-18)17(20)14-15-6-4-7-16(13-15)21-2/h4,6-7,13H,3,5,8-12,14H2,1-2H3. The smallest absolute Gasteiger partial charge is 0.227 e. The van der Waals surface area contributed by atoms with Crippen LogP contribution in [-0.2, 0) is 11.2 Å². The predicted octanol–water partition coefficient (Wildman–Crippen LogP) is 2.18. The van der Waals surface area contributed by atoms with Crippen LogP contribution >= 0.6 is 0 Å². The minimum absolute atomic E-state index is 0.224. The van der Waals surface area contributed by atoms with Crippen molar-refractivity contribution in [2.75, 3.05) is 39.8 Å². The van der Waals surface area contributed by atoms with Gasteiger partial charge in [0.25, 0.3) is 0 Å². The zero-order valence-corrected chi connectivity index (χ0v) is 13.2. The second-order valence-electron chi connectivity index (χ2n) is 5.60. The Morgan fingerprint density at radius 2 is 2.10 bits per heavy atom. The molecule has 0 aliphatic carbocycles. The first kappa shape index (κ1) is 15.8. The van der Waals surface area contributed by atoms with Crippen molar-refractivity contribution in [1.82, 2.24) is 9.80 Å². The first-order valence-electron chi connectivity index (χ1n) is 7.86. The van der Waals surface area contributed by atoms with Crippen LogP contribution in [0.4, 0.5) is 0 Å². The molecule has 0 unspecified atom stereocenters. The Labute approximate surface area is 127 Å². The summed E-state index contributed by atoms with van der Waals surface area (Å²) < 4.78 is 5.21. The summed E-state index contributed by atoms with van der Waals surface area (Å²) in [6.45, 7) is 7.18. The number of ether oxygens (including phenoxy) is 1. The van der Waals surface area contributed by atoms with Crippen molar-refractivity contribution in [2.24, 2.45) is 0 Å². The van der Waals surface area contributed by atoms with Crippen LogP contribution in [0.25, 0.3) is 0 Å². The highest BCUT2D eigenvalue weighted by Gasteiger charge is 2.18. The molecule has 1 aliphatic heterocycles. The zero-order chi connectivity index (χ0) is 15.1. The molecule has 1 heterocycles. The molecule has 1 aromatic carbocycles. The van der Waals surface area contributed by atoms with Gasteiger partial charge in [0.05, 0.1) is 13.5 Å². The summed E-state index contributed by atoms with van der Waals surface area (Å²) in [5.74, 6) is 1.03. The molecule has 1 aliphatic rings. The van der Waals surface area contributed by atoms with Gasteiger partial charge in [-0.1, -0.05) is 19.1 Å². The molecule has 0 saturated carbocycles. The van der Waals surface area contributed by atoms with E-state index in [0.717, 1.165) is 50.5 Å². The van der Waals surface area contributed by atoms with E-state index in [0.29, 0.717) is 6.42 Å². The van der Waals surface area contributed by atoms with E-state index in [1.807, 2.05) is 29.2 Å². The van der Waals surface area contributed by atoms with Gasteiger partial charge < -0.3 is 14.5 Å². The third kappa shape index (κ3) is 4.74. The molecule has 0 N–H and O–H groups in total. The maximum absolute atomic E-state index is 12.5. The van der Waals surface area contributed by atoms with Crippen LogP contribution in [0, 0.1) is 0 Å². The zero-order valence-electron chi connectivity index (χ0n) is 13.2. The number of carbonyl (C=O) groups excluding carboxylic acids is 1. The van der Waals surface area contributed by atoms with E-state index >= 15 is 0 Å². The van der Waals surface area contributed by atoms with Crippen LogP contribution in [-0.4, -0.2) is 55.5 Å². The monoisotopic (exact) mass is 290 g/mol. The molecule has 1 saturated heterocycles. The van der Waals surface area contributed by atoms with E-state index in [1.54, 1.807) is 7.11 Å². The normalized spacial score (nSPS) is 16.6. The highest BCUT2D eigenvalue weighted by molar-refractivity contribution is 5.79. The first-order valence-corrected chi connectivity index (χ1v) is 7.86. The van der Waals surface area contributed by atoms with E-state index in [2.05, 4.69) is 11.8 Å². The van der Waals surface area contributed by atoms with E-state index in [-0.39, 0.29) is 5.91 Å². The van der Waals surface area contributed by atoms with Gasteiger partial charge in [-0.3, -0.25) is 4.79 Å². The van der Waals surface area contributed by atoms with E-state index < -0.39 is 0 Å². The molecule has 2 rings (SSSR count). The number of methoxy groups -OCH3 is 1. The average Bonchev–Trinajstić information content (AvgIpc) is 2.73. The molecule has 116 valence electrons. The fourth-order valence-corrected chi connectivity index (χ4v) is 2.83. The number of hydrogen-bond donors (Lipinski definition) is 0. The number of benzene rings is 1. The molecule has 0 bridgehead atoms. The van der Waals surface area contributed by atoms with Crippen molar-refractivity contribution >= 4 is 5.91 Å². The van der Waals surface area contributed by atoms with Gasteiger partial charge in [0.15, 0.2) is 0 Å². The Kier molecular flexibility index (Phi) is 6.05. The van der Waals surface area contributed by atoms with E-state index in [9.17, 15) is 4.79 Å². The fraction of sp³-hybridized carbons (Fsp3) is 0.588. The summed E-state index contributed by atoms with van der Waals surface area (Å²) in [5, 5.41) is 0. The minimum Gasteiger partial charge on any atom is -0.497 e. The predicted molar refractivity (Wildman–Crippen MR) is 84.6 cm³/mol. The second-order valence-corrected chi connectivity index (χ2v) is 5.60. The summed E-state index contributed by atoms with van der Waals surface area (Å²) in [7, 11) is 1.65. The van der Waals surface area contributed by atoms with Gasteiger partial charge in [-0.05, 0) is 43.6 Å². The fourth-order valence-electron chi connectivity index (χ4n) is 2.83. The lowest BCUT2D eigenvalue weighted by atomic mass is 10.1. The van der Waals surface area contributed by atoms with Crippen molar-refractivity contribution in [2.45, 2.75) is 26.2 Å². The lowest BCUT2D eigenvalue weighted by Crippen LogP contribution is -2.36. The van der Waals surface area contributed by atoms with Crippen LogP contribution < -0.4 is 4.74 Å². The maximum atomic E-state index is 12.5. The van der Waals surface area contributed by atoms with Gasteiger partial charge in [0, 0.05) is 19.6 Å². The molecular formula is C17H26N2O2. The first-order chi connectivity index (χ1) is 10.2. The highest BCUT2D eigenvalue weighted by Crippen LogP contribution is 2.14. The summed E-state index contributed by atoms with van der Waals surface area (Å²) in [5.41, 5.74) is 1.02. The molecule has 0 aromatic heterocycles. The molecule has 21 heavy (non-hydrogen) atoms. The van der Waals surface area contributed by atoms with Crippen molar-refractivity contribution < 1.29 is 9.53 Å². The van der Waals surface area contributed by atoms with Crippen molar-refractivity contribution in [3.05, 3.63) is 29.8 Å². The van der Waals surface area contributed by atoms with Crippen LogP contribution in [0.15, 0.2) is 24.3 Å². The topological polar surface area (TPSA) is 32.8 Å². The van der Waals surface area contributed by atoms with Gasteiger partial charge in [-0.25, -0.2) is 0 Å². The van der Waals surface area contributed by atoms with Gasteiger partial charge in [-0.2, -0.15) is 0 Å². The molecule has 0 radical (unpaired) electrons. The minimum atomic E-state index is 0.224. The van der Waals surface area contributed by atoms with Crippen molar-refractivity contribution in [3.63, 3.8) is 0 Å². The third-order valence-corrected chi connectivity index (χ3v) is 3.97. The number of hydrogen-bond acceptors (Lipinski definition) is 3. The lowest BCUT2D eigenvalue weighted by Gasteiger charge is -2.21. The Morgan fingerprint density at radius 3 is 2.86 bits per heavy atom. The van der Waals surface area contributed by atoms with E-state index in [1.165, 1.54) is 6.42 Å². The number of rotatable bonds is 5. The van der Waals surface area contributed by atoms with Gasteiger partial charge >= 0.3 is 0 Å². The van der Waals surface area contributed by atoms with Crippen molar-refractivity contribution in [1.29, 1.82) is 0 Å². The van der Waals surface area contributed by atoms with Gasteiger partial charge in [0.2, 0.25) is 5.91 Å². The number of carbonyl (C=O) groups is 1. The molecular weight excluding hydrogens is 264 g/mol. The largest absolute Gasteiger partial charge is 0.497 e. The number of nitrogens with zero attached hydrogens (tertiary/aromatic N) is 2. The molecule has 1 amide bonds.